The molecule has 1 heterocycles. The molecule has 1 aliphatic heterocycles. The third kappa shape index (κ3) is 2.84. The lowest BCUT2D eigenvalue weighted by molar-refractivity contribution is -0.114. The number of hydrogen-bond donors (Lipinski definition) is 2. The topological polar surface area (TPSA) is 101 Å². The number of carbonyl (C=O) groups is 1. The summed E-state index contributed by atoms with van der Waals surface area (Å²) in [5, 5.41) is -1.20. The van der Waals surface area contributed by atoms with Crippen LogP contribution in [0.25, 0.3) is 0 Å². The van der Waals surface area contributed by atoms with Crippen LogP contribution in [0.4, 0.5) is 5.69 Å². The Morgan fingerprint density at radius 1 is 1.40 bits per heavy atom. The number of benzene rings is 1. The Kier molecular flexibility index (Phi) is 3.85. The van der Waals surface area contributed by atoms with Crippen molar-refractivity contribution < 1.29 is 17.8 Å². The van der Waals surface area contributed by atoms with Crippen molar-refractivity contribution in [2.45, 2.75) is 5.37 Å². The fourth-order valence-electron chi connectivity index (χ4n) is 1.92. The van der Waals surface area contributed by atoms with Gasteiger partial charge in [-0.15, -0.1) is 0 Å². The highest BCUT2D eigenvalue weighted by atomic mass is 35.5. The molecule has 20 heavy (non-hydrogen) atoms. The zero-order valence-corrected chi connectivity index (χ0v) is 11.7. The molecule has 3 N–H and O–H groups in total. The minimum Gasteiger partial charge on any atom is -0.366 e. The molecular weight excluding hydrogens is 304 g/mol. The van der Waals surface area contributed by atoms with E-state index in [4.69, 9.17) is 17.3 Å². The van der Waals surface area contributed by atoms with Crippen LogP contribution in [0.2, 0.25) is 5.02 Å². The molecule has 6 nitrogen and oxygen atoms in total. The molecule has 0 spiro atoms. The molecule has 0 saturated carbocycles. The van der Waals surface area contributed by atoms with Gasteiger partial charge in [-0.1, -0.05) is 17.7 Å². The molecule has 106 valence electrons. The maximum absolute atomic E-state index is 11.6. The SMILES string of the molecule is NC(=O)C1=CC=CN(c2cccc(Cl)c2)C1S(=O)(=O)O. The van der Waals surface area contributed by atoms with Gasteiger partial charge in [0.2, 0.25) is 5.91 Å². The molecule has 1 atom stereocenters. The maximum Gasteiger partial charge on any atom is 0.291 e. The van der Waals surface area contributed by atoms with Gasteiger partial charge in [0, 0.05) is 16.9 Å². The van der Waals surface area contributed by atoms with Gasteiger partial charge in [0.05, 0.1) is 5.57 Å². The van der Waals surface area contributed by atoms with Crippen molar-refractivity contribution in [2.75, 3.05) is 4.90 Å². The summed E-state index contributed by atoms with van der Waals surface area (Å²) in [4.78, 5) is 12.6. The molecule has 0 aliphatic carbocycles. The molecule has 1 amide bonds. The first-order valence-corrected chi connectivity index (χ1v) is 7.37. The number of nitrogens with zero attached hydrogens (tertiary/aromatic N) is 1. The number of amides is 1. The summed E-state index contributed by atoms with van der Waals surface area (Å²) >= 11 is 5.86. The summed E-state index contributed by atoms with van der Waals surface area (Å²) in [6, 6.07) is 6.34. The fraction of sp³-hybridized carbons (Fsp3) is 0.0833. The van der Waals surface area contributed by atoms with E-state index in [1.54, 1.807) is 18.2 Å². The van der Waals surface area contributed by atoms with Crippen LogP contribution in [0, 0.1) is 0 Å². The molecule has 0 saturated heterocycles. The number of rotatable bonds is 3. The van der Waals surface area contributed by atoms with E-state index in [2.05, 4.69) is 0 Å². The van der Waals surface area contributed by atoms with Crippen LogP contribution in [0.3, 0.4) is 0 Å². The number of nitrogens with two attached hydrogens (primary N) is 1. The number of halogens is 1. The highest BCUT2D eigenvalue weighted by molar-refractivity contribution is 7.86. The minimum absolute atomic E-state index is 0.227. The van der Waals surface area contributed by atoms with Gasteiger partial charge in [-0.3, -0.25) is 9.35 Å². The van der Waals surface area contributed by atoms with Crippen molar-refractivity contribution in [3.8, 4) is 0 Å². The second kappa shape index (κ2) is 5.28. The molecule has 0 aromatic heterocycles. The summed E-state index contributed by atoms with van der Waals surface area (Å²) in [7, 11) is -4.57. The Labute approximate surface area is 120 Å². The lowest BCUT2D eigenvalue weighted by atomic mass is 10.1. The molecule has 1 aliphatic rings. The van der Waals surface area contributed by atoms with Crippen LogP contribution < -0.4 is 10.6 Å². The molecule has 1 aromatic carbocycles. The van der Waals surface area contributed by atoms with Gasteiger partial charge in [-0.2, -0.15) is 8.42 Å². The van der Waals surface area contributed by atoms with Crippen LogP contribution in [-0.2, 0) is 14.9 Å². The van der Waals surface area contributed by atoms with Gasteiger partial charge in [0.25, 0.3) is 10.1 Å². The highest BCUT2D eigenvalue weighted by Gasteiger charge is 2.36. The Hall–Kier alpha value is -1.83. The largest absolute Gasteiger partial charge is 0.366 e. The lowest BCUT2D eigenvalue weighted by Crippen LogP contribution is -2.44. The first-order valence-electron chi connectivity index (χ1n) is 5.49. The lowest BCUT2D eigenvalue weighted by Gasteiger charge is -2.31. The van der Waals surface area contributed by atoms with E-state index in [0.717, 1.165) is 0 Å². The summed E-state index contributed by atoms with van der Waals surface area (Å²) in [6.45, 7) is 0. The minimum atomic E-state index is -4.57. The first-order chi connectivity index (χ1) is 9.30. The van der Waals surface area contributed by atoms with E-state index in [1.165, 1.54) is 29.3 Å². The summed E-state index contributed by atoms with van der Waals surface area (Å²) in [5.41, 5.74) is 5.33. The predicted molar refractivity (Wildman–Crippen MR) is 75.7 cm³/mol. The van der Waals surface area contributed by atoms with Crippen molar-refractivity contribution in [1.29, 1.82) is 0 Å². The Morgan fingerprint density at radius 3 is 2.65 bits per heavy atom. The maximum atomic E-state index is 11.6. The molecule has 0 fully saturated rings. The van der Waals surface area contributed by atoms with Crippen LogP contribution in [-0.4, -0.2) is 24.3 Å². The third-order valence-electron chi connectivity index (χ3n) is 2.71. The van der Waals surface area contributed by atoms with Crippen LogP contribution in [0.1, 0.15) is 0 Å². The number of hydrogen-bond acceptors (Lipinski definition) is 4. The normalized spacial score (nSPS) is 18.8. The Bertz CT molecular complexity index is 712. The Morgan fingerprint density at radius 2 is 2.10 bits per heavy atom. The molecule has 0 radical (unpaired) electrons. The van der Waals surface area contributed by atoms with Crippen LogP contribution in [0.15, 0.2) is 48.2 Å². The smallest absolute Gasteiger partial charge is 0.291 e. The van der Waals surface area contributed by atoms with Crippen molar-refractivity contribution in [2.24, 2.45) is 5.73 Å². The second-order valence-electron chi connectivity index (χ2n) is 4.08. The standard InChI is InChI=1S/C12H11ClN2O4S/c13-8-3-1-4-9(7-8)15-6-2-5-10(11(14)16)12(15)20(17,18)19/h1-7,12H,(H2,14,16)(H,17,18,19). The van der Waals surface area contributed by atoms with Crippen LogP contribution in [0.5, 0.6) is 0 Å². The highest BCUT2D eigenvalue weighted by Crippen LogP contribution is 2.29. The van der Waals surface area contributed by atoms with Crippen LogP contribution >= 0.6 is 11.6 Å². The molecule has 2 rings (SSSR count). The summed E-state index contributed by atoms with van der Waals surface area (Å²) < 4.78 is 32.5. The average molecular weight is 315 g/mol. The Balaban J connectivity index is 2.56. The van der Waals surface area contributed by atoms with Crippen molar-refractivity contribution in [1.82, 2.24) is 0 Å². The van der Waals surface area contributed by atoms with Crippen molar-refractivity contribution >= 4 is 33.3 Å². The van der Waals surface area contributed by atoms with Gasteiger partial charge in [-0.05, 0) is 30.4 Å². The molecule has 0 bridgehead atoms. The monoisotopic (exact) mass is 314 g/mol. The molecule has 1 unspecified atom stereocenters. The van der Waals surface area contributed by atoms with E-state index in [0.29, 0.717) is 10.7 Å². The quantitative estimate of drug-likeness (QED) is 0.819. The summed E-state index contributed by atoms with van der Waals surface area (Å²) in [5.74, 6) is -0.927. The number of allylic oxidation sites excluding steroid dienone is 2. The van der Waals surface area contributed by atoms with E-state index in [-0.39, 0.29) is 5.57 Å². The fourth-order valence-corrected chi connectivity index (χ4v) is 3.09. The van der Waals surface area contributed by atoms with E-state index < -0.39 is 21.4 Å². The van der Waals surface area contributed by atoms with Gasteiger partial charge in [0.15, 0.2) is 5.37 Å². The molecular formula is C12H11ClN2O4S. The zero-order chi connectivity index (χ0) is 14.9. The molecule has 8 heteroatoms. The predicted octanol–water partition coefficient (Wildman–Crippen LogP) is 1.30. The second-order valence-corrected chi connectivity index (χ2v) is 6.00. The van der Waals surface area contributed by atoms with Gasteiger partial charge >= 0.3 is 0 Å². The number of carbonyl (C=O) groups excluding carboxylic acids is 1. The van der Waals surface area contributed by atoms with Gasteiger partial charge in [0.1, 0.15) is 0 Å². The third-order valence-corrected chi connectivity index (χ3v) is 3.99. The first kappa shape index (κ1) is 14.6. The number of anilines is 1. The number of primary amides is 1. The van der Waals surface area contributed by atoms with E-state index in [1.807, 2.05) is 0 Å². The van der Waals surface area contributed by atoms with E-state index in [9.17, 15) is 17.8 Å². The van der Waals surface area contributed by atoms with Crippen molar-refractivity contribution in [3.63, 3.8) is 0 Å². The average Bonchev–Trinajstić information content (AvgIpc) is 2.36. The zero-order valence-electron chi connectivity index (χ0n) is 10.1. The van der Waals surface area contributed by atoms with E-state index >= 15 is 0 Å². The molecule has 1 aromatic rings. The summed E-state index contributed by atoms with van der Waals surface area (Å²) in [6.07, 6.45) is 4.13. The van der Waals surface area contributed by atoms with Crippen molar-refractivity contribution in [3.05, 3.63) is 53.2 Å². The van der Waals surface area contributed by atoms with Gasteiger partial charge in [-0.25, -0.2) is 0 Å². The van der Waals surface area contributed by atoms with Gasteiger partial charge < -0.3 is 10.6 Å².